The van der Waals surface area contributed by atoms with E-state index in [0.29, 0.717) is 17.3 Å². The third kappa shape index (κ3) is 3.96. The molecule has 2 atom stereocenters. The molecule has 2 rings (SSSR count). The zero-order valence-electron chi connectivity index (χ0n) is 13.1. The second-order valence-corrected chi connectivity index (χ2v) is 6.98. The summed E-state index contributed by atoms with van der Waals surface area (Å²) >= 11 is 0. The Hall–Kier alpha value is -1.56. The summed E-state index contributed by atoms with van der Waals surface area (Å²) in [4.78, 5) is 0. The molecule has 106 valence electrons. The van der Waals surface area contributed by atoms with Crippen LogP contribution in [0.1, 0.15) is 57.1 Å². The molecule has 0 saturated carbocycles. The van der Waals surface area contributed by atoms with E-state index in [1.165, 1.54) is 17.5 Å². The molecule has 0 N–H and O–H groups in total. The van der Waals surface area contributed by atoms with Gasteiger partial charge in [0.05, 0.1) is 0 Å². The molecule has 0 nitrogen and oxygen atoms in total. The van der Waals surface area contributed by atoms with Crippen LogP contribution in [0, 0.1) is 5.41 Å². The van der Waals surface area contributed by atoms with Gasteiger partial charge in [-0.15, -0.1) is 0 Å². The Morgan fingerprint density at radius 1 is 0.750 bits per heavy atom. The molecular weight excluding hydrogens is 240 g/mol. The van der Waals surface area contributed by atoms with Crippen molar-refractivity contribution in [2.45, 2.75) is 46.0 Å². The standard InChI is InChI=1S/C20H26/c1-16(17-11-7-5-8-12-17)19(15-20(2,3)4)18-13-9-6-10-14-18/h5-14,16,19H,15H2,1-4H3. The van der Waals surface area contributed by atoms with Crippen molar-refractivity contribution in [1.82, 2.24) is 0 Å². The van der Waals surface area contributed by atoms with Crippen LogP contribution in [0.15, 0.2) is 60.7 Å². The first-order valence-corrected chi connectivity index (χ1v) is 7.57. The highest BCUT2D eigenvalue weighted by atomic mass is 14.3. The Morgan fingerprint density at radius 3 is 1.65 bits per heavy atom. The molecule has 0 aliphatic carbocycles. The van der Waals surface area contributed by atoms with E-state index in [4.69, 9.17) is 0 Å². The molecule has 0 fully saturated rings. The van der Waals surface area contributed by atoms with Gasteiger partial charge in [0.1, 0.15) is 0 Å². The second kappa shape index (κ2) is 6.26. The molecular formula is C20H26. The lowest BCUT2D eigenvalue weighted by atomic mass is 9.73. The molecule has 0 bridgehead atoms. The molecule has 2 unspecified atom stereocenters. The van der Waals surface area contributed by atoms with Gasteiger partial charge >= 0.3 is 0 Å². The normalized spacial score (nSPS) is 14.8. The molecule has 0 amide bonds. The van der Waals surface area contributed by atoms with Crippen LogP contribution < -0.4 is 0 Å². The lowest BCUT2D eigenvalue weighted by molar-refractivity contribution is 0.320. The molecule has 0 aliphatic rings. The average molecular weight is 266 g/mol. The first-order chi connectivity index (χ1) is 9.47. The predicted octanol–water partition coefficient (Wildman–Crippen LogP) is 6.01. The first kappa shape index (κ1) is 14.8. The molecule has 0 aliphatic heterocycles. The summed E-state index contributed by atoms with van der Waals surface area (Å²) in [6.45, 7) is 9.36. The SMILES string of the molecule is CC(c1ccccc1)C(CC(C)(C)C)c1ccccc1. The first-order valence-electron chi connectivity index (χ1n) is 7.57. The van der Waals surface area contributed by atoms with Crippen LogP contribution in [-0.4, -0.2) is 0 Å². The van der Waals surface area contributed by atoms with Gasteiger partial charge in [-0.2, -0.15) is 0 Å². The van der Waals surface area contributed by atoms with Crippen molar-refractivity contribution in [1.29, 1.82) is 0 Å². The summed E-state index contributed by atoms with van der Waals surface area (Å²) in [7, 11) is 0. The number of rotatable bonds is 4. The van der Waals surface area contributed by atoms with Gasteiger partial charge in [-0.25, -0.2) is 0 Å². The predicted molar refractivity (Wildman–Crippen MR) is 88.1 cm³/mol. The minimum atomic E-state index is 0.337. The topological polar surface area (TPSA) is 0 Å². The average Bonchev–Trinajstić information content (AvgIpc) is 2.45. The maximum absolute atomic E-state index is 2.36. The molecule has 20 heavy (non-hydrogen) atoms. The van der Waals surface area contributed by atoms with E-state index in [9.17, 15) is 0 Å². The van der Waals surface area contributed by atoms with Crippen molar-refractivity contribution in [3.05, 3.63) is 71.8 Å². The van der Waals surface area contributed by atoms with Crippen LogP contribution in [0.4, 0.5) is 0 Å². The van der Waals surface area contributed by atoms with Gasteiger partial charge in [0, 0.05) is 0 Å². The third-order valence-electron chi connectivity index (χ3n) is 3.99. The van der Waals surface area contributed by atoms with Gasteiger partial charge in [-0.1, -0.05) is 88.4 Å². The van der Waals surface area contributed by atoms with Crippen LogP contribution in [0.3, 0.4) is 0 Å². The highest BCUT2D eigenvalue weighted by Gasteiger charge is 2.25. The molecule has 0 radical (unpaired) electrons. The zero-order valence-corrected chi connectivity index (χ0v) is 13.1. The van der Waals surface area contributed by atoms with E-state index in [1.807, 2.05) is 0 Å². The van der Waals surface area contributed by atoms with E-state index < -0.39 is 0 Å². The van der Waals surface area contributed by atoms with Gasteiger partial charge in [0.2, 0.25) is 0 Å². The lowest BCUT2D eigenvalue weighted by Crippen LogP contribution is -2.17. The lowest BCUT2D eigenvalue weighted by Gasteiger charge is -2.31. The maximum Gasteiger partial charge on any atom is -0.00908 e. The van der Waals surface area contributed by atoms with Crippen LogP contribution in [0.2, 0.25) is 0 Å². The van der Waals surface area contributed by atoms with E-state index in [1.54, 1.807) is 0 Å². The molecule has 0 heterocycles. The zero-order chi connectivity index (χ0) is 14.6. The van der Waals surface area contributed by atoms with Gasteiger partial charge in [-0.05, 0) is 34.8 Å². The highest BCUT2D eigenvalue weighted by Crippen LogP contribution is 2.40. The number of hydrogen-bond acceptors (Lipinski definition) is 0. The van der Waals surface area contributed by atoms with E-state index in [2.05, 4.69) is 88.4 Å². The van der Waals surface area contributed by atoms with Crippen molar-refractivity contribution in [2.75, 3.05) is 0 Å². The van der Waals surface area contributed by atoms with E-state index in [-0.39, 0.29) is 0 Å². The highest BCUT2D eigenvalue weighted by molar-refractivity contribution is 5.28. The number of benzene rings is 2. The summed E-state index contributed by atoms with van der Waals surface area (Å²) in [6.07, 6.45) is 1.20. The van der Waals surface area contributed by atoms with Gasteiger partial charge in [0.15, 0.2) is 0 Å². The van der Waals surface area contributed by atoms with Crippen molar-refractivity contribution in [3.63, 3.8) is 0 Å². The molecule has 0 spiro atoms. The Kier molecular flexibility index (Phi) is 4.65. The van der Waals surface area contributed by atoms with E-state index >= 15 is 0 Å². The second-order valence-electron chi connectivity index (χ2n) is 6.98. The van der Waals surface area contributed by atoms with Crippen molar-refractivity contribution in [2.24, 2.45) is 5.41 Å². The summed E-state index contributed by atoms with van der Waals surface area (Å²) in [5.41, 5.74) is 3.23. The van der Waals surface area contributed by atoms with Crippen molar-refractivity contribution in [3.8, 4) is 0 Å². The summed E-state index contributed by atoms with van der Waals surface area (Å²) in [5.74, 6) is 1.11. The van der Waals surface area contributed by atoms with Crippen molar-refractivity contribution < 1.29 is 0 Å². The fraction of sp³-hybridized carbons (Fsp3) is 0.400. The fourth-order valence-electron chi connectivity index (χ4n) is 2.93. The maximum atomic E-state index is 2.36. The van der Waals surface area contributed by atoms with Crippen molar-refractivity contribution >= 4 is 0 Å². The Balaban J connectivity index is 2.32. The van der Waals surface area contributed by atoms with Crippen LogP contribution in [0.25, 0.3) is 0 Å². The summed E-state index contributed by atoms with van der Waals surface area (Å²) < 4.78 is 0. The third-order valence-corrected chi connectivity index (χ3v) is 3.99. The molecule has 0 aromatic heterocycles. The monoisotopic (exact) mass is 266 g/mol. The van der Waals surface area contributed by atoms with Crippen LogP contribution in [0.5, 0.6) is 0 Å². The minimum absolute atomic E-state index is 0.337. The number of hydrogen-bond donors (Lipinski definition) is 0. The van der Waals surface area contributed by atoms with Crippen LogP contribution in [-0.2, 0) is 0 Å². The summed E-state index contributed by atoms with van der Waals surface area (Å²) in [6, 6.07) is 21.8. The Labute approximate surface area is 123 Å². The molecule has 0 saturated heterocycles. The Morgan fingerprint density at radius 2 is 1.20 bits per heavy atom. The van der Waals surface area contributed by atoms with Gasteiger partial charge in [-0.3, -0.25) is 0 Å². The van der Waals surface area contributed by atoms with Crippen LogP contribution >= 0.6 is 0 Å². The largest absolute Gasteiger partial charge is 0.0622 e. The van der Waals surface area contributed by atoms with Gasteiger partial charge < -0.3 is 0 Å². The molecule has 0 heteroatoms. The quantitative estimate of drug-likeness (QED) is 0.635. The van der Waals surface area contributed by atoms with E-state index in [0.717, 1.165) is 0 Å². The molecule has 2 aromatic rings. The minimum Gasteiger partial charge on any atom is -0.0622 e. The molecule has 2 aromatic carbocycles. The van der Waals surface area contributed by atoms with Gasteiger partial charge in [0.25, 0.3) is 0 Å². The smallest absolute Gasteiger partial charge is 0.00908 e. The fourth-order valence-corrected chi connectivity index (χ4v) is 2.93. The Bertz CT molecular complexity index is 505. The summed E-state index contributed by atoms with van der Waals surface area (Å²) in [5, 5.41) is 0.